The van der Waals surface area contributed by atoms with Crippen LogP contribution in [-0.4, -0.2) is 56.0 Å². The Morgan fingerprint density at radius 3 is 2.70 bits per heavy atom. The number of carbonyl (C=O) groups is 1. The standard InChI is InChI=1S/C14H27N5O/c1-3-4-5-8-17-14(16-2)18-12-6-9-19(10-7-12)11-13(15)20/h3-4,12H,5-11H2,1-2H3,(H2,15,20)(H2,16,17,18)/b4-3+. The molecule has 1 aliphatic heterocycles. The summed E-state index contributed by atoms with van der Waals surface area (Å²) in [7, 11) is 1.78. The van der Waals surface area contributed by atoms with E-state index in [0.717, 1.165) is 44.9 Å². The highest BCUT2D eigenvalue weighted by atomic mass is 16.1. The fourth-order valence-electron chi connectivity index (χ4n) is 2.28. The summed E-state index contributed by atoms with van der Waals surface area (Å²) >= 11 is 0. The molecular weight excluding hydrogens is 254 g/mol. The smallest absolute Gasteiger partial charge is 0.231 e. The zero-order valence-corrected chi connectivity index (χ0v) is 12.6. The van der Waals surface area contributed by atoms with Gasteiger partial charge in [0.2, 0.25) is 5.91 Å². The molecule has 1 heterocycles. The van der Waals surface area contributed by atoms with Gasteiger partial charge >= 0.3 is 0 Å². The predicted molar refractivity (Wildman–Crippen MR) is 82.6 cm³/mol. The summed E-state index contributed by atoms with van der Waals surface area (Å²) in [5, 5.41) is 6.72. The zero-order chi connectivity index (χ0) is 14.8. The number of nitrogens with two attached hydrogens (primary N) is 1. The Labute approximate surface area is 121 Å². The van der Waals surface area contributed by atoms with Crippen LogP contribution >= 0.6 is 0 Å². The lowest BCUT2D eigenvalue weighted by Gasteiger charge is -2.32. The van der Waals surface area contributed by atoms with Gasteiger partial charge in [0.15, 0.2) is 5.96 Å². The maximum absolute atomic E-state index is 10.9. The van der Waals surface area contributed by atoms with Crippen molar-refractivity contribution in [1.29, 1.82) is 0 Å². The number of nitrogens with zero attached hydrogens (tertiary/aromatic N) is 2. The Balaban J connectivity index is 2.25. The first-order valence-corrected chi connectivity index (χ1v) is 7.24. The van der Waals surface area contributed by atoms with Gasteiger partial charge < -0.3 is 16.4 Å². The number of amides is 1. The van der Waals surface area contributed by atoms with Crippen molar-refractivity contribution in [2.45, 2.75) is 32.2 Å². The van der Waals surface area contributed by atoms with Crippen LogP contribution in [-0.2, 0) is 4.79 Å². The van der Waals surface area contributed by atoms with E-state index in [1.807, 2.05) is 13.0 Å². The van der Waals surface area contributed by atoms with Crippen molar-refractivity contribution in [2.75, 3.05) is 33.2 Å². The molecule has 0 aromatic carbocycles. The summed E-state index contributed by atoms with van der Waals surface area (Å²) < 4.78 is 0. The Bertz CT molecular complexity index is 345. The number of carbonyl (C=O) groups excluding carboxylic acids is 1. The quantitative estimate of drug-likeness (QED) is 0.278. The molecule has 114 valence electrons. The number of guanidine groups is 1. The van der Waals surface area contributed by atoms with Gasteiger partial charge in [-0.15, -0.1) is 0 Å². The highest BCUT2D eigenvalue weighted by Crippen LogP contribution is 2.09. The average molecular weight is 281 g/mol. The molecule has 1 saturated heterocycles. The van der Waals surface area contributed by atoms with E-state index >= 15 is 0 Å². The van der Waals surface area contributed by atoms with E-state index in [1.54, 1.807) is 7.05 Å². The molecule has 1 fully saturated rings. The number of hydrogen-bond acceptors (Lipinski definition) is 3. The van der Waals surface area contributed by atoms with Gasteiger partial charge in [-0.2, -0.15) is 0 Å². The summed E-state index contributed by atoms with van der Waals surface area (Å²) in [6, 6.07) is 0.409. The van der Waals surface area contributed by atoms with Crippen molar-refractivity contribution in [3.8, 4) is 0 Å². The SMILES string of the molecule is C/C=C/CCNC(=NC)NC1CCN(CC(N)=O)CC1. The van der Waals surface area contributed by atoms with Crippen LogP contribution < -0.4 is 16.4 Å². The first kappa shape index (κ1) is 16.5. The highest BCUT2D eigenvalue weighted by molar-refractivity contribution is 5.80. The Hall–Kier alpha value is -1.56. The van der Waals surface area contributed by atoms with E-state index in [1.165, 1.54) is 0 Å². The molecular formula is C14H27N5O. The molecule has 6 heteroatoms. The van der Waals surface area contributed by atoms with Crippen LogP contribution in [0.5, 0.6) is 0 Å². The second-order valence-electron chi connectivity index (χ2n) is 5.02. The van der Waals surface area contributed by atoms with Gasteiger partial charge in [0.05, 0.1) is 6.54 Å². The summed E-state index contributed by atoms with van der Waals surface area (Å²) in [5.74, 6) is 0.598. The first-order chi connectivity index (χ1) is 9.65. The lowest BCUT2D eigenvalue weighted by Crippen LogP contribution is -2.49. The van der Waals surface area contributed by atoms with Crippen molar-refractivity contribution in [3.63, 3.8) is 0 Å². The van der Waals surface area contributed by atoms with Crippen molar-refractivity contribution in [3.05, 3.63) is 12.2 Å². The van der Waals surface area contributed by atoms with E-state index in [-0.39, 0.29) is 5.91 Å². The molecule has 0 saturated carbocycles. The van der Waals surface area contributed by atoms with Crippen LogP contribution in [0.25, 0.3) is 0 Å². The molecule has 0 radical (unpaired) electrons. The molecule has 0 aromatic heterocycles. The normalized spacial score (nSPS) is 18.4. The number of aliphatic imine (C=N–C) groups is 1. The fourth-order valence-corrected chi connectivity index (χ4v) is 2.28. The van der Waals surface area contributed by atoms with Crippen LogP contribution in [0.3, 0.4) is 0 Å². The molecule has 1 rings (SSSR count). The summed E-state index contributed by atoms with van der Waals surface area (Å²) in [4.78, 5) is 17.2. The third kappa shape index (κ3) is 6.56. The third-order valence-electron chi connectivity index (χ3n) is 3.37. The zero-order valence-electron chi connectivity index (χ0n) is 12.6. The van der Waals surface area contributed by atoms with E-state index in [4.69, 9.17) is 5.73 Å². The van der Waals surface area contributed by atoms with E-state index in [0.29, 0.717) is 12.6 Å². The number of rotatable bonds is 6. The highest BCUT2D eigenvalue weighted by Gasteiger charge is 2.20. The van der Waals surface area contributed by atoms with Crippen LogP contribution in [0.2, 0.25) is 0 Å². The molecule has 6 nitrogen and oxygen atoms in total. The monoisotopic (exact) mass is 281 g/mol. The van der Waals surface area contributed by atoms with Gasteiger partial charge in [-0.1, -0.05) is 12.2 Å². The number of primary amides is 1. The molecule has 0 spiro atoms. The lowest BCUT2D eigenvalue weighted by atomic mass is 10.1. The van der Waals surface area contributed by atoms with Crippen molar-refractivity contribution in [2.24, 2.45) is 10.7 Å². The molecule has 1 amide bonds. The van der Waals surface area contributed by atoms with Crippen LogP contribution in [0, 0.1) is 0 Å². The number of likely N-dealkylation sites (tertiary alicyclic amines) is 1. The summed E-state index contributed by atoms with van der Waals surface area (Å²) in [6.07, 6.45) is 7.18. The summed E-state index contributed by atoms with van der Waals surface area (Å²) in [5.41, 5.74) is 5.21. The van der Waals surface area contributed by atoms with Gasteiger partial charge in [0.1, 0.15) is 0 Å². The molecule has 0 atom stereocenters. The van der Waals surface area contributed by atoms with E-state index in [9.17, 15) is 4.79 Å². The molecule has 0 bridgehead atoms. The number of piperidine rings is 1. The van der Waals surface area contributed by atoms with Gasteiger partial charge in [-0.25, -0.2) is 0 Å². The Morgan fingerprint density at radius 2 is 2.15 bits per heavy atom. The molecule has 0 aromatic rings. The largest absolute Gasteiger partial charge is 0.369 e. The number of hydrogen-bond donors (Lipinski definition) is 3. The molecule has 1 aliphatic rings. The second-order valence-corrected chi connectivity index (χ2v) is 5.02. The van der Waals surface area contributed by atoms with Crippen LogP contribution in [0.1, 0.15) is 26.2 Å². The topological polar surface area (TPSA) is 82.8 Å². The number of nitrogens with one attached hydrogen (secondary N) is 2. The maximum Gasteiger partial charge on any atom is 0.231 e. The average Bonchev–Trinajstić information content (AvgIpc) is 2.43. The van der Waals surface area contributed by atoms with Crippen LogP contribution in [0.4, 0.5) is 0 Å². The van der Waals surface area contributed by atoms with Crippen molar-refractivity contribution < 1.29 is 4.79 Å². The van der Waals surface area contributed by atoms with Crippen molar-refractivity contribution in [1.82, 2.24) is 15.5 Å². The molecule has 20 heavy (non-hydrogen) atoms. The summed E-state index contributed by atoms with van der Waals surface area (Å²) in [6.45, 7) is 5.06. The van der Waals surface area contributed by atoms with E-state index in [2.05, 4.69) is 26.6 Å². The van der Waals surface area contributed by atoms with Crippen LogP contribution in [0.15, 0.2) is 17.1 Å². The minimum Gasteiger partial charge on any atom is -0.369 e. The van der Waals surface area contributed by atoms with Gasteiger partial charge in [0, 0.05) is 32.7 Å². The predicted octanol–water partition coefficient (Wildman–Crippen LogP) is 0.0673. The molecule has 4 N–H and O–H groups in total. The fraction of sp³-hybridized carbons (Fsp3) is 0.714. The van der Waals surface area contributed by atoms with Gasteiger partial charge in [0.25, 0.3) is 0 Å². The van der Waals surface area contributed by atoms with Gasteiger partial charge in [-0.3, -0.25) is 14.7 Å². The third-order valence-corrected chi connectivity index (χ3v) is 3.37. The minimum atomic E-state index is -0.252. The molecule has 0 unspecified atom stereocenters. The Morgan fingerprint density at radius 1 is 1.45 bits per heavy atom. The lowest BCUT2D eigenvalue weighted by molar-refractivity contribution is -0.119. The second kappa shape index (κ2) is 9.36. The van der Waals surface area contributed by atoms with Crippen molar-refractivity contribution >= 4 is 11.9 Å². The Kier molecular flexibility index (Phi) is 7.72. The van der Waals surface area contributed by atoms with Gasteiger partial charge in [-0.05, 0) is 26.2 Å². The maximum atomic E-state index is 10.9. The van der Waals surface area contributed by atoms with E-state index < -0.39 is 0 Å². The molecule has 0 aliphatic carbocycles. The number of allylic oxidation sites excluding steroid dienone is 1. The minimum absolute atomic E-state index is 0.252. The first-order valence-electron chi connectivity index (χ1n) is 7.24.